The van der Waals surface area contributed by atoms with Crippen molar-refractivity contribution < 1.29 is 9.59 Å². The summed E-state index contributed by atoms with van der Waals surface area (Å²) in [6.07, 6.45) is 3.30. The van der Waals surface area contributed by atoms with Gasteiger partial charge in [-0.05, 0) is 42.9 Å². The van der Waals surface area contributed by atoms with Gasteiger partial charge in [0.1, 0.15) is 6.04 Å². The van der Waals surface area contributed by atoms with E-state index in [0.717, 1.165) is 19.3 Å². The summed E-state index contributed by atoms with van der Waals surface area (Å²) in [6.45, 7) is 0.689. The van der Waals surface area contributed by atoms with Crippen LogP contribution in [0.1, 0.15) is 19.3 Å². The molecule has 0 N–H and O–H groups in total. The van der Waals surface area contributed by atoms with Crippen molar-refractivity contribution in [2.24, 2.45) is 11.8 Å². The zero-order valence-electron chi connectivity index (χ0n) is 11.3. The van der Waals surface area contributed by atoms with E-state index in [2.05, 4.69) is 0 Å². The predicted molar refractivity (Wildman–Crippen MR) is 80.7 cm³/mol. The third-order valence-corrected chi connectivity index (χ3v) is 5.50. The van der Waals surface area contributed by atoms with E-state index in [1.807, 2.05) is 0 Å². The van der Waals surface area contributed by atoms with E-state index < -0.39 is 0 Å². The monoisotopic (exact) mass is 324 g/mol. The van der Waals surface area contributed by atoms with Gasteiger partial charge in [0.15, 0.2) is 0 Å². The van der Waals surface area contributed by atoms with Gasteiger partial charge in [0, 0.05) is 11.6 Å². The summed E-state index contributed by atoms with van der Waals surface area (Å²) in [4.78, 5) is 28.3. The number of carbonyl (C=O) groups excluding carboxylic acids is 2. The predicted octanol–water partition coefficient (Wildman–Crippen LogP) is 3.56. The van der Waals surface area contributed by atoms with Gasteiger partial charge >= 0.3 is 6.03 Å². The Kier molecular flexibility index (Phi) is 2.95. The minimum Gasteiger partial charge on any atom is -0.311 e. The first-order valence-electron chi connectivity index (χ1n) is 7.17. The molecule has 21 heavy (non-hydrogen) atoms. The maximum atomic E-state index is 12.8. The van der Waals surface area contributed by atoms with Crippen molar-refractivity contribution in [3.63, 3.8) is 0 Å². The molecule has 4 rings (SSSR count). The number of benzene rings is 1. The highest BCUT2D eigenvalue weighted by molar-refractivity contribution is 6.37. The normalized spacial score (nSPS) is 31.0. The Morgan fingerprint density at radius 2 is 1.95 bits per heavy atom. The van der Waals surface area contributed by atoms with Gasteiger partial charge in [0.05, 0.1) is 10.7 Å². The largest absolute Gasteiger partial charge is 0.332 e. The lowest BCUT2D eigenvalue weighted by atomic mass is 9.93. The molecule has 1 aliphatic carbocycles. The molecule has 4 nitrogen and oxygen atoms in total. The number of anilines is 1. The summed E-state index contributed by atoms with van der Waals surface area (Å²) in [5.41, 5.74) is 0.392. The van der Waals surface area contributed by atoms with Crippen LogP contribution in [0.4, 0.5) is 10.5 Å². The lowest BCUT2D eigenvalue weighted by Gasteiger charge is -2.18. The van der Waals surface area contributed by atoms with Crippen LogP contribution >= 0.6 is 23.2 Å². The molecule has 3 unspecified atom stereocenters. The van der Waals surface area contributed by atoms with Crippen molar-refractivity contribution in [3.05, 3.63) is 28.2 Å². The zero-order valence-corrected chi connectivity index (χ0v) is 12.8. The molecule has 0 radical (unpaired) electrons. The number of urea groups is 1. The maximum absolute atomic E-state index is 12.8. The highest BCUT2D eigenvalue weighted by Gasteiger charge is 2.57. The number of hydrogen-bond acceptors (Lipinski definition) is 2. The molecule has 110 valence electrons. The van der Waals surface area contributed by atoms with Gasteiger partial charge in [-0.1, -0.05) is 29.6 Å². The summed E-state index contributed by atoms with van der Waals surface area (Å²) >= 11 is 12.1. The van der Waals surface area contributed by atoms with Crippen molar-refractivity contribution in [2.75, 3.05) is 11.4 Å². The van der Waals surface area contributed by atoms with Gasteiger partial charge in [-0.15, -0.1) is 0 Å². The molecule has 6 heteroatoms. The summed E-state index contributed by atoms with van der Waals surface area (Å²) in [5.74, 6) is 0.642. The van der Waals surface area contributed by atoms with Crippen LogP contribution in [0, 0.1) is 11.8 Å². The Bertz CT molecular complexity index is 649. The van der Waals surface area contributed by atoms with Crippen molar-refractivity contribution in [3.8, 4) is 0 Å². The van der Waals surface area contributed by atoms with Gasteiger partial charge in [-0.25, -0.2) is 9.69 Å². The third-order valence-electron chi connectivity index (χ3n) is 4.95. The number of fused-ring (bicyclic) bond motifs is 3. The standard InChI is InChI=1S/C15H14Cl2N2O2/c16-9-4-5-11(17)12(6-9)19-14(20)13-10-3-1-2-8(10)7-18(13)15(19)21/h4-6,8,10,13H,1-3,7H2. The molecule has 2 aliphatic heterocycles. The molecule has 1 aromatic carbocycles. The summed E-state index contributed by atoms with van der Waals surface area (Å²) in [6, 6.07) is 4.27. The van der Waals surface area contributed by atoms with Crippen LogP contribution in [0.2, 0.25) is 10.0 Å². The molecule has 2 saturated heterocycles. The van der Waals surface area contributed by atoms with Crippen molar-refractivity contribution in [1.29, 1.82) is 0 Å². The summed E-state index contributed by atoms with van der Waals surface area (Å²) in [7, 11) is 0. The van der Waals surface area contributed by atoms with Crippen LogP contribution in [0.25, 0.3) is 0 Å². The van der Waals surface area contributed by atoms with Gasteiger partial charge < -0.3 is 4.90 Å². The molecule has 3 amide bonds. The second kappa shape index (κ2) is 4.62. The second-order valence-electron chi connectivity index (χ2n) is 6.00. The van der Waals surface area contributed by atoms with Crippen LogP contribution in [-0.4, -0.2) is 29.4 Å². The first-order valence-corrected chi connectivity index (χ1v) is 7.93. The number of nitrogens with zero attached hydrogens (tertiary/aromatic N) is 2. The first-order chi connectivity index (χ1) is 10.1. The topological polar surface area (TPSA) is 40.6 Å². The van der Waals surface area contributed by atoms with Crippen LogP contribution in [0.5, 0.6) is 0 Å². The van der Waals surface area contributed by atoms with E-state index in [1.165, 1.54) is 4.90 Å². The Labute approximate surface area is 132 Å². The van der Waals surface area contributed by atoms with Crippen molar-refractivity contribution in [2.45, 2.75) is 25.3 Å². The average Bonchev–Trinajstić information content (AvgIpc) is 3.07. The molecule has 1 saturated carbocycles. The van der Waals surface area contributed by atoms with E-state index in [1.54, 1.807) is 23.1 Å². The lowest BCUT2D eigenvalue weighted by Crippen LogP contribution is -2.35. The van der Waals surface area contributed by atoms with E-state index >= 15 is 0 Å². The van der Waals surface area contributed by atoms with E-state index in [-0.39, 0.29) is 18.0 Å². The fourth-order valence-corrected chi connectivity index (χ4v) is 4.42. The number of amides is 3. The van der Waals surface area contributed by atoms with Gasteiger partial charge in [-0.3, -0.25) is 4.79 Å². The Morgan fingerprint density at radius 3 is 2.76 bits per heavy atom. The molecular formula is C15H14Cl2N2O2. The molecule has 0 aromatic heterocycles. The van der Waals surface area contributed by atoms with Gasteiger partial charge in [-0.2, -0.15) is 0 Å². The molecular weight excluding hydrogens is 311 g/mol. The molecule has 2 heterocycles. The van der Waals surface area contributed by atoms with Gasteiger partial charge in [0.25, 0.3) is 5.91 Å². The second-order valence-corrected chi connectivity index (χ2v) is 6.85. The lowest BCUT2D eigenvalue weighted by molar-refractivity contribution is -0.120. The fraction of sp³-hybridized carbons (Fsp3) is 0.467. The number of imide groups is 1. The fourth-order valence-electron chi connectivity index (χ4n) is 4.05. The Hall–Kier alpha value is -1.26. The highest BCUT2D eigenvalue weighted by Crippen LogP contribution is 2.47. The Balaban J connectivity index is 1.74. The molecule has 0 bridgehead atoms. The number of carbonyl (C=O) groups is 2. The minimum absolute atomic E-state index is 0.154. The highest BCUT2D eigenvalue weighted by atomic mass is 35.5. The molecule has 3 atom stereocenters. The quantitative estimate of drug-likeness (QED) is 0.741. The van der Waals surface area contributed by atoms with E-state index in [0.29, 0.717) is 34.1 Å². The first kappa shape index (κ1) is 13.4. The average molecular weight is 325 g/mol. The van der Waals surface area contributed by atoms with Crippen molar-refractivity contribution >= 4 is 40.8 Å². The molecule has 3 fully saturated rings. The smallest absolute Gasteiger partial charge is 0.311 e. The van der Waals surface area contributed by atoms with Gasteiger partial charge in [0.2, 0.25) is 0 Å². The Morgan fingerprint density at radius 1 is 1.14 bits per heavy atom. The van der Waals surface area contributed by atoms with Crippen LogP contribution in [0.3, 0.4) is 0 Å². The van der Waals surface area contributed by atoms with Crippen LogP contribution < -0.4 is 4.90 Å². The minimum atomic E-state index is -0.306. The third kappa shape index (κ3) is 1.82. The number of halogens is 2. The van der Waals surface area contributed by atoms with Crippen molar-refractivity contribution in [1.82, 2.24) is 4.90 Å². The SMILES string of the molecule is O=C1C2C3CCCC3CN2C(=O)N1c1cc(Cl)ccc1Cl. The number of rotatable bonds is 1. The van der Waals surface area contributed by atoms with E-state index in [4.69, 9.17) is 23.2 Å². The molecule has 0 spiro atoms. The van der Waals surface area contributed by atoms with Crippen LogP contribution in [0.15, 0.2) is 18.2 Å². The summed E-state index contributed by atoms with van der Waals surface area (Å²) < 4.78 is 0. The molecule has 1 aromatic rings. The van der Waals surface area contributed by atoms with E-state index in [9.17, 15) is 9.59 Å². The molecule has 3 aliphatic rings. The summed E-state index contributed by atoms with van der Waals surface area (Å²) in [5, 5.41) is 0.825. The maximum Gasteiger partial charge on any atom is 0.332 e. The zero-order chi connectivity index (χ0) is 14.7. The number of hydrogen-bond donors (Lipinski definition) is 0. The van der Waals surface area contributed by atoms with Crippen LogP contribution in [-0.2, 0) is 4.79 Å².